The third kappa shape index (κ3) is 1.45. The zero-order valence-corrected chi connectivity index (χ0v) is 7.83. The Kier molecular flexibility index (Phi) is 1.67. The Morgan fingerprint density at radius 1 is 1.31 bits per heavy atom. The lowest BCUT2D eigenvalue weighted by Gasteiger charge is -2.29. The molecule has 0 saturated heterocycles. The van der Waals surface area contributed by atoms with E-state index in [0.717, 1.165) is 16.8 Å². The maximum atomic E-state index is 9.80. The second-order valence-electron chi connectivity index (χ2n) is 3.65. The van der Waals surface area contributed by atoms with Gasteiger partial charge in [-0.1, -0.05) is 18.2 Å². The molecule has 1 aromatic rings. The van der Waals surface area contributed by atoms with E-state index in [1.165, 1.54) is 0 Å². The molecule has 2 heteroatoms. The summed E-state index contributed by atoms with van der Waals surface area (Å²) in [5.74, 6) is 0. The third-order valence-electron chi connectivity index (χ3n) is 2.24. The summed E-state index contributed by atoms with van der Waals surface area (Å²) in [5, 5.41) is 12.8. The molecule has 68 valence electrons. The van der Waals surface area contributed by atoms with Crippen LogP contribution in [0.15, 0.2) is 30.3 Å². The minimum Gasteiger partial charge on any atom is -0.368 e. The zero-order chi connectivity index (χ0) is 9.47. The molecule has 1 heterocycles. The first-order valence-electron chi connectivity index (χ1n) is 4.38. The predicted molar refractivity (Wildman–Crippen MR) is 54.3 cm³/mol. The van der Waals surface area contributed by atoms with Crippen LogP contribution >= 0.6 is 0 Å². The monoisotopic (exact) mass is 175 g/mol. The third-order valence-corrected chi connectivity index (χ3v) is 2.24. The van der Waals surface area contributed by atoms with Gasteiger partial charge in [0.25, 0.3) is 0 Å². The first-order chi connectivity index (χ1) is 6.08. The molecule has 0 aromatic heterocycles. The van der Waals surface area contributed by atoms with Crippen LogP contribution in [0.5, 0.6) is 0 Å². The van der Waals surface area contributed by atoms with Gasteiger partial charge in [0.2, 0.25) is 0 Å². The largest absolute Gasteiger partial charge is 0.368 e. The van der Waals surface area contributed by atoms with Gasteiger partial charge in [0, 0.05) is 11.3 Å². The summed E-state index contributed by atoms with van der Waals surface area (Å²) < 4.78 is 0. The summed E-state index contributed by atoms with van der Waals surface area (Å²) in [5.41, 5.74) is 2.35. The highest BCUT2D eigenvalue weighted by atomic mass is 16.3. The number of nitrogens with one attached hydrogen (secondary N) is 1. The lowest BCUT2D eigenvalue weighted by atomic mass is 9.97. The van der Waals surface area contributed by atoms with Gasteiger partial charge in [-0.05, 0) is 31.6 Å². The Bertz CT molecular complexity index is 366. The molecule has 0 saturated carbocycles. The molecule has 2 N–H and O–H groups in total. The number of hydrogen-bond donors (Lipinski definition) is 2. The van der Waals surface area contributed by atoms with Crippen molar-refractivity contribution in [2.45, 2.75) is 19.6 Å². The molecule has 0 radical (unpaired) electrons. The van der Waals surface area contributed by atoms with Crippen LogP contribution in [0.3, 0.4) is 0 Å². The number of allylic oxidation sites excluding steroid dienone is 1. The zero-order valence-electron chi connectivity index (χ0n) is 7.83. The summed E-state index contributed by atoms with van der Waals surface area (Å²) in [6, 6.07) is 7.97. The number of para-hydroxylation sites is 1. The highest BCUT2D eigenvalue weighted by Gasteiger charge is 2.23. The fraction of sp³-hybridized carbons (Fsp3) is 0.273. The van der Waals surface area contributed by atoms with Crippen LogP contribution in [0.25, 0.3) is 5.57 Å². The van der Waals surface area contributed by atoms with Crippen LogP contribution in [0.1, 0.15) is 19.4 Å². The fourth-order valence-electron chi connectivity index (χ4n) is 1.74. The number of benzene rings is 1. The van der Waals surface area contributed by atoms with Crippen LogP contribution in [-0.4, -0.2) is 10.8 Å². The van der Waals surface area contributed by atoms with E-state index in [4.69, 9.17) is 0 Å². The number of anilines is 1. The van der Waals surface area contributed by atoms with Crippen molar-refractivity contribution in [3.63, 3.8) is 0 Å². The molecular weight excluding hydrogens is 162 g/mol. The van der Waals surface area contributed by atoms with Crippen molar-refractivity contribution in [1.82, 2.24) is 0 Å². The van der Waals surface area contributed by atoms with Crippen LogP contribution < -0.4 is 5.32 Å². The normalized spacial score (nSPS) is 25.9. The molecule has 1 aromatic carbocycles. The van der Waals surface area contributed by atoms with E-state index in [9.17, 15) is 5.11 Å². The average Bonchev–Trinajstić information content (AvgIpc) is 2.02. The Balaban J connectivity index is 2.55. The molecule has 0 spiro atoms. The molecule has 13 heavy (non-hydrogen) atoms. The van der Waals surface area contributed by atoms with Crippen LogP contribution in [0.2, 0.25) is 0 Å². The molecule has 0 bridgehead atoms. The lowest BCUT2D eigenvalue weighted by Crippen LogP contribution is -2.34. The molecule has 1 atom stereocenters. The lowest BCUT2D eigenvalue weighted by molar-refractivity contribution is 0.142. The average molecular weight is 175 g/mol. The van der Waals surface area contributed by atoms with Gasteiger partial charge in [-0.15, -0.1) is 0 Å². The van der Waals surface area contributed by atoms with E-state index in [0.29, 0.717) is 0 Å². The Hall–Kier alpha value is -1.28. The molecule has 0 fully saturated rings. The standard InChI is InChI=1S/C11H13NO/c1-8-7-11(2,13)12-10-6-4-3-5-9(8)10/h3-7,12-13H,1-2H3. The van der Waals surface area contributed by atoms with E-state index >= 15 is 0 Å². The van der Waals surface area contributed by atoms with Crippen LogP contribution in [0, 0.1) is 0 Å². The summed E-state index contributed by atoms with van der Waals surface area (Å²) >= 11 is 0. The summed E-state index contributed by atoms with van der Waals surface area (Å²) in [6.45, 7) is 3.75. The van der Waals surface area contributed by atoms with Crippen LogP contribution in [-0.2, 0) is 0 Å². The van der Waals surface area contributed by atoms with Gasteiger partial charge in [-0.2, -0.15) is 0 Å². The van der Waals surface area contributed by atoms with E-state index in [1.54, 1.807) is 6.92 Å². The van der Waals surface area contributed by atoms with Gasteiger partial charge >= 0.3 is 0 Å². The molecule has 0 aliphatic carbocycles. The van der Waals surface area contributed by atoms with Crippen LogP contribution in [0.4, 0.5) is 5.69 Å². The molecule has 2 rings (SSSR count). The fourth-order valence-corrected chi connectivity index (χ4v) is 1.74. The van der Waals surface area contributed by atoms with E-state index in [2.05, 4.69) is 5.32 Å². The van der Waals surface area contributed by atoms with Crippen molar-refractivity contribution in [2.75, 3.05) is 5.32 Å². The predicted octanol–water partition coefficient (Wildman–Crippen LogP) is 2.22. The Morgan fingerprint density at radius 2 is 2.00 bits per heavy atom. The molecule has 2 nitrogen and oxygen atoms in total. The summed E-state index contributed by atoms with van der Waals surface area (Å²) in [6.07, 6.45) is 1.83. The van der Waals surface area contributed by atoms with Gasteiger partial charge in [0.15, 0.2) is 5.72 Å². The second-order valence-corrected chi connectivity index (χ2v) is 3.65. The van der Waals surface area contributed by atoms with Crippen molar-refractivity contribution in [3.8, 4) is 0 Å². The van der Waals surface area contributed by atoms with Crippen molar-refractivity contribution >= 4 is 11.3 Å². The smallest absolute Gasteiger partial charge is 0.152 e. The van der Waals surface area contributed by atoms with Gasteiger partial charge < -0.3 is 10.4 Å². The molecule has 0 amide bonds. The SMILES string of the molecule is CC1=CC(C)(O)Nc2ccccc21. The van der Waals surface area contributed by atoms with Crippen molar-refractivity contribution in [3.05, 3.63) is 35.9 Å². The Labute approximate surface area is 77.9 Å². The van der Waals surface area contributed by atoms with Crippen molar-refractivity contribution in [1.29, 1.82) is 0 Å². The molecule has 1 unspecified atom stereocenters. The van der Waals surface area contributed by atoms with E-state index < -0.39 is 5.72 Å². The van der Waals surface area contributed by atoms with E-state index in [-0.39, 0.29) is 0 Å². The highest BCUT2D eigenvalue weighted by Crippen LogP contribution is 2.31. The van der Waals surface area contributed by atoms with E-state index in [1.807, 2.05) is 37.3 Å². The summed E-state index contributed by atoms with van der Waals surface area (Å²) in [7, 11) is 0. The summed E-state index contributed by atoms with van der Waals surface area (Å²) in [4.78, 5) is 0. The first kappa shape index (κ1) is 8.32. The first-order valence-corrected chi connectivity index (χ1v) is 4.38. The maximum absolute atomic E-state index is 9.80. The van der Waals surface area contributed by atoms with Gasteiger partial charge in [-0.25, -0.2) is 0 Å². The second kappa shape index (κ2) is 2.60. The number of rotatable bonds is 0. The number of fused-ring (bicyclic) bond motifs is 1. The van der Waals surface area contributed by atoms with Gasteiger partial charge in [-0.3, -0.25) is 0 Å². The highest BCUT2D eigenvalue weighted by molar-refractivity contribution is 5.79. The van der Waals surface area contributed by atoms with Crippen molar-refractivity contribution < 1.29 is 5.11 Å². The van der Waals surface area contributed by atoms with Crippen molar-refractivity contribution in [2.24, 2.45) is 0 Å². The minimum absolute atomic E-state index is 0.918. The quantitative estimate of drug-likeness (QED) is 0.633. The van der Waals surface area contributed by atoms with Gasteiger partial charge in [0.05, 0.1) is 0 Å². The molecule has 1 aliphatic rings. The minimum atomic E-state index is -0.918. The number of aliphatic hydroxyl groups is 1. The topological polar surface area (TPSA) is 32.3 Å². The molecule has 1 aliphatic heterocycles. The molecular formula is C11H13NO. The maximum Gasteiger partial charge on any atom is 0.152 e. The van der Waals surface area contributed by atoms with Gasteiger partial charge in [0.1, 0.15) is 0 Å². The number of hydrogen-bond acceptors (Lipinski definition) is 2. The Morgan fingerprint density at radius 3 is 2.77 bits per heavy atom.